The van der Waals surface area contributed by atoms with Gasteiger partial charge in [-0.3, -0.25) is 4.57 Å². The predicted molar refractivity (Wildman–Crippen MR) is 223 cm³/mol. The maximum Gasteiger partial charge on any atom is 0.145 e. The number of para-hydroxylation sites is 2. The molecule has 10 aromatic rings. The van der Waals surface area contributed by atoms with Gasteiger partial charge in [0.05, 0.1) is 28.9 Å². The zero-order valence-electron chi connectivity index (χ0n) is 41.0. The van der Waals surface area contributed by atoms with Crippen LogP contribution in [0.4, 0.5) is 0 Å². The molecule has 0 unspecified atom stereocenters. The fourth-order valence-corrected chi connectivity index (χ4v) is 7.19. The molecule has 2 heteroatoms. The molecule has 0 fully saturated rings. The van der Waals surface area contributed by atoms with E-state index in [1.165, 1.54) is 0 Å². The first-order valence-corrected chi connectivity index (χ1v) is 17.1. The standard InChI is InChI=1S/C51H34N2/c1-4-17-35(18-5-1)39-31-40(36-19-6-2-7-20-36)33-41(32-39)50-45-27-12-10-25-43(45)49(44-26-11-13-28-46(44)50)38-23-16-24-42(34-38)53-48-30-15-14-29-47(48)52-51(53)37-21-8-3-9-22-37/h1-34H/i3D,8D,9D,10D,11D,12D,13D,21D,22D,25D,26D,27D,28D. The van der Waals surface area contributed by atoms with Gasteiger partial charge in [-0.25, -0.2) is 4.98 Å². The largest absolute Gasteiger partial charge is 0.292 e. The van der Waals surface area contributed by atoms with Crippen LogP contribution < -0.4 is 0 Å². The fraction of sp³-hybridized carbons (Fsp3) is 0. The lowest BCUT2D eigenvalue weighted by Crippen LogP contribution is -1.98. The molecule has 1 aromatic heterocycles. The Labute approximate surface area is 327 Å². The molecule has 0 saturated carbocycles. The van der Waals surface area contributed by atoms with Crippen LogP contribution in [0.15, 0.2) is 206 Å². The predicted octanol–water partition coefficient (Wildman–Crippen LogP) is 13.7. The summed E-state index contributed by atoms with van der Waals surface area (Å²) in [7, 11) is 0. The van der Waals surface area contributed by atoms with Crippen LogP contribution >= 0.6 is 0 Å². The molecule has 0 saturated heterocycles. The maximum atomic E-state index is 9.59. The van der Waals surface area contributed by atoms with Gasteiger partial charge in [0.2, 0.25) is 0 Å². The Bertz CT molecular complexity index is 3520. The lowest BCUT2D eigenvalue weighted by atomic mass is 9.84. The second kappa shape index (κ2) is 12.9. The number of hydrogen-bond acceptors (Lipinski definition) is 1. The Hall–Kier alpha value is -7.03. The number of hydrogen-bond donors (Lipinski definition) is 0. The first-order chi connectivity index (χ1) is 31.7. The lowest BCUT2D eigenvalue weighted by Gasteiger charge is -2.20. The van der Waals surface area contributed by atoms with Crippen LogP contribution in [0.1, 0.15) is 17.8 Å². The van der Waals surface area contributed by atoms with E-state index < -0.39 is 78.6 Å². The van der Waals surface area contributed by atoms with E-state index in [1.807, 2.05) is 78.9 Å². The van der Waals surface area contributed by atoms with Crippen LogP contribution in [0.25, 0.3) is 94.2 Å². The average Bonchev–Trinajstić information content (AvgIpc) is 3.73. The Balaban J connectivity index is 1.37. The van der Waals surface area contributed by atoms with E-state index in [9.17, 15) is 5.48 Å². The normalized spacial score (nSPS) is 14.8. The third-order valence-electron chi connectivity index (χ3n) is 9.49. The second-order valence-electron chi connectivity index (χ2n) is 12.6. The molecule has 0 aliphatic heterocycles. The van der Waals surface area contributed by atoms with Gasteiger partial charge in [0.15, 0.2) is 0 Å². The first-order valence-electron chi connectivity index (χ1n) is 23.6. The summed E-state index contributed by atoms with van der Waals surface area (Å²) < 4.78 is 119. The van der Waals surface area contributed by atoms with Gasteiger partial charge in [-0.2, -0.15) is 0 Å². The summed E-state index contributed by atoms with van der Waals surface area (Å²) in [6.45, 7) is 0. The number of benzene rings is 9. The SMILES string of the molecule is [2H]c1c([2H])c([2H])c(-c2nc3ccccc3n2-c2cccc(-c3c4c([2H])c([2H])c([2H])c([2H])c4c(-c4cc(-c5ccccc5)cc(-c5ccccc5)c4)c4c([2H])c([2H])c([2H])c([2H])c34)c2)c([2H])c1[2H]. The van der Waals surface area contributed by atoms with E-state index in [4.69, 9.17) is 17.3 Å². The summed E-state index contributed by atoms with van der Waals surface area (Å²) in [4.78, 5) is 4.79. The summed E-state index contributed by atoms with van der Waals surface area (Å²) in [6.07, 6.45) is 0. The second-order valence-corrected chi connectivity index (χ2v) is 12.6. The number of imidazole rings is 1. The van der Waals surface area contributed by atoms with Gasteiger partial charge < -0.3 is 0 Å². The van der Waals surface area contributed by atoms with Gasteiger partial charge in [-0.05, 0) is 109 Å². The van der Waals surface area contributed by atoms with Gasteiger partial charge in [0.1, 0.15) is 5.82 Å². The Morgan fingerprint density at radius 2 is 0.868 bits per heavy atom. The molecule has 0 aliphatic carbocycles. The minimum atomic E-state index is -0.558. The average molecular weight is 688 g/mol. The van der Waals surface area contributed by atoms with E-state index in [0.717, 1.165) is 22.3 Å². The van der Waals surface area contributed by atoms with Gasteiger partial charge in [0, 0.05) is 11.3 Å². The van der Waals surface area contributed by atoms with E-state index in [0.29, 0.717) is 27.8 Å². The number of rotatable bonds is 6. The minimum Gasteiger partial charge on any atom is -0.292 e. The van der Waals surface area contributed by atoms with Crippen molar-refractivity contribution >= 4 is 32.6 Å². The number of aromatic nitrogens is 2. The van der Waals surface area contributed by atoms with Crippen molar-refractivity contribution in [3.63, 3.8) is 0 Å². The minimum absolute atomic E-state index is 0.0263. The highest BCUT2D eigenvalue weighted by Crippen LogP contribution is 2.45. The summed E-state index contributed by atoms with van der Waals surface area (Å²) in [6, 6.07) is 32.5. The van der Waals surface area contributed by atoms with Crippen molar-refractivity contribution in [1.82, 2.24) is 9.55 Å². The Kier molecular flexibility index (Phi) is 4.91. The van der Waals surface area contributed by atoms with Crippen LogP contribution in [0, 0.1) is 0 Å². The van der Waals surface area contributed by atoms with Crippen LogP contribution in [-0.2, 0) is 0 Å². The molecule has 0 N–H and O–H groups in total. The molecule has 10 rings (SSSR count). The zero-order chi connectivity index (χ0) is 46.5. The van der Waals surface area contributed by atoms with Crippen molar-refractivity contribution in [2.75, 3.05) is 0 Å². The first kappa shape index (κ1) is 20.1. The molecule has 0 atom stereocenters. The molecule has 9 aromatic carbocycles. The zero-order valence-corrected chi connectivity index (χ0v) is 28.0. The molecule has 53 heavy (non-hydrogen) atoms. The van der Waals surface area contributed by atoms with E-state index in [-0.39, 0.29) is 44.1 Å². The van der Waals surface area contributed by atoms with Crippen LogP contribution in [0.2, 0.25) is 0 Å². The van der Waals surface area contributed by atoms with E-state index in [2.05, 4.69) is 0 Å². The highest BCUT2D eigenvalue weighted by molar-refractivity contribution is 6.21. The van der Waals surface area contributed by atoms with Crippen molar-refractivity contribution in [3.8, 4) is 61.6 Å². The van der Waals surface area contributed by atoms with Gasteiger partial charge >= 0.3 is 0 Å². The molecule has 2 nitrogen and oxygen atoms in total. The highest BCUT2D eigenvalue weighted by Gasteiger charge is 2.20. The Morgan fingerprint density at radius 3 is 1.47 bits per heavy atom. The molecule has 1 heterocycles. The molecular formula is C51H34N2. The molecule has 0 amide bonds. The van der Waals surface area contributed by atoms with Crippen LogP contribution in [0.3, 0.4) is 0 Å². The lowest BCUT2D eigenvalue weighted by molar-refractivity contribution is 1.10. The molecule has 0 aliphatic rings. The van der Waals surface area contributed by atoms with Crippen molar-refractivity contribution in [2.24, 2.45) is 0 Å². The van der Waals surface area contributed by atoms with Gasteiger partial charge in [-0.15, -0.1) is 0 Å². The molecule has 0 spiro atoms. The summed E-state index contributed by atoms with van der Waals surface area (Å²) in [5.41, 5.74) is 5.61. The van der Waals surface area contributed by atoms with Gasteiger partial charge in [0.25, 0.3) is 0 Å². The van der Waals surface area contributed by atoms with E-state index >= 15 is 0 Å². The van der Waals surface area contributed by atoms with Crippen molar-refractivity contribution < 1.29 is 17.8 Å². The summed E-state index contributed by atoms with van der Waals surface area (Å²) in [5.74, 6) is 0.0479. The molecule has 0 radical (unpaired) electrons. The summed E-state index contributed by atoms with van der Waals surface area (Å²) in [5, 5.41) is 0.156. The van der Waals surface area contributed by atoms with E-state index in [1.54, 1.807) is 53.1 Å². The summed E-state index contributed by atoms with van der Waals surface area (Å²) >= 11 is 0. The molecule has 248 valence electrons. The topological polar surface area (TPSA) is 17.8 Å². The highest BCUT2D eigenvalue weighted by atomic mass is 15.1. The smallest absolute Gasteiger partial charge is 0.145 e. The van der Waals surface area contributed by atoms with Crippen LogP contribution in [-0.4, -0.2) is 9.55 Å². The molecular weight excluding hydrogens is 641 g/mol. The van der Waals surface area contributed by atoms with Crippen molar-refractivity contribution in [3.05, 3.63) is 206 Å². The molecule has 0 bridgehead atoms. The number of nitrogens with zero attached hydrogens (tertiary/aromatic N) is 2. The Morgan fingerprint density at radius 1 is 0.377 bits per heavy atom. The quantitative estimate of drug-likeness (QED) is 0.159. The van der Waals surface area contributed by atoms with Crippen LogP contribution in [0.5, 0.6) is 0 Å². The number of fused-ring (bicyclic) bond motifs is 3. The monoisotopic (exact) mass is 687 g/mol. The van der Waals surface area contributed by atoms with Crippen molar-refractivity contribution in [2.45, 2.75) is 0 Å². The maximum absolute atomic E-state index is 9.59. The third kappa shape index (κ3) is 5.40. The van der Waals surface area contributed by atoms with Crippen molar-refractivity contribution in [1.29, 1.82) is 0 Å². The third-order valence-corrected chi connectivity index (χ3v) is 9.49. The van der Waals surface area contributed by atoms with Gasteiger partial charge in [-0.1, -0.05) is 163 Å². The fourth-order valence-electron chi connectivity index (χ4n) is 7.19.